The average molecular weight is 250 g/mol. The van der Waals surface area contributed by atoms with Crippen LogP contribution in [-0.4, -0.2) is 38.9 Å². The zero-order chi connectivity index (χ0) is 12.8. The molecule has 16 heavy (non-hydrogen) atoms. The SMILES string of the molecule is CCCC(CN)C(=O)NC(C)CS(C)(=O)=O. The lowest BCUT2D eigenvalue weighted by Gasteiger charge is -2.18. The van der Waals surface area contributed by atoms with E-state index in [1.165, 1.54) is 0 Å². The Balaban J connectivity index is 4.21. The molecule has 0 bridgehead atoms. The van der Waals surface area contributed by atoms with Crippen molar-refractivity contribution in [3.63, 3.8) is 0 Å². The molecule has 6 heteroatoms. The lowest BCUT2D eigenvalue weighted by atomic mass is 10.0. The number of nitrogens with two attached hydrogens (primary N) is 1. The maximum absolute atomic E-state index is 11.7. The van der Waals surface area contributed by atoms with Gasteiger partial charge in [-0.1, -0.05) is 13.3 Å². The van der Waals surface area contributed by atoms with Gasteiger partial charge in [0.05, 0.1) is 11.7 Å². The Kier molecular flexibility index (Phi) is 6.59. The monoisotopic (exact) mass is 250 g/mol. The van der Waals surface area contributed by atoms with Gasteiger partial charge in [0.2, 0.25) is 5.91 Å². The maximum atomic E-state index is 11.7. The summed E-state index contributed by atoms with van der Waals surface area (Å²) in [4.78, 5) is 11.7. The van der Waals surface area contributed by atoms with E-state index in [0.29, 0.717) is 6.54 Å². The zero-order valence-corrected chi connectivity index (χ0v) is 11.0. The Bertz CT molecular complexity index is 314. The molecule has 3 N–H and O–H groups in total. The number of carbonyl (C=O) groups is 1. The molecule has 1 amide bonds. The van der Waals surface area contributed by atoms with Gasteiger partial charge in [-0.3, -0.25) is 4.79 Å². The molecule has 0 aromatic carbocycles. The van der Waals surface area contributed by atoms with Gasteiger partial charge in [-0.05, 0) is 13.3 Å². The predicted octanol–water partition coefficient (Wildman–Crippen LogP) is -0.0893. The molecule has 0 saturated carbocycles. The van der Waals surface area contributed by atoms with Crippen LogP contribution in [0.4, 0.5) is 0 Å². The number of rotatable bonds is 7. The molecule has 0 aromatic heterocycles. The first-order valence-corrected chi connectivity index (χ1v) is 7.54. The van der Waals surface area contributed by atoms with Crippen molar-refractivity contribution in [3.8, 4) is 0 Å². The van der Waals surface area contributed by atoms with Crippen molar-refractivity contribution in [1.29, 1.82) is 0 Å². The molecule has 5 nitrogen and oxygen atoms in total. The summed E-state index contributed by atoms with van der Waals surface area (Å²) in [5, 5.41) is 2.67. The number of carbonyl (C=O) groups excluding carboxylic acids is 1. The summed E-state index contributed by atoms with van der Waals surface area (Å²) in [6.07, 6.45) is 2.77. The highest BCUT2D eigenvalue weighted by Crippen LogP contribution is 2.05. The van der Waals surface area contributed by atoms with Crippen LogP contribution >= 0.6 is 0 Å². The second-order valence-corrected chi connectivity index (χ2v) is 6.41. The van der Waals surface area contributed by atoms with Gasteiger partial charge in [0.25, 0.3) is 0 Å². The highest BCUT2D eigenvalue weighted by molar-refractivity contribution is 7.90. The van der Waals surface area contributed by atoms with Crippen LogP contribution in [0.15, 0.2) is 0 Å². The van der Waals surface area contributed by atoms with E-state index in [9.17, 15) is 13.2 Å². The van der Waals surface area contributed by atoms with Gasteiger partial charge < -0.3 is 11.1 Å². The molecule has 2 unspecified atom stereocenters. The summed E-state index contributed by atoms with van der Waals surface area (Å²) in [7, 11) is -3.06. The Morgan fingerprint density at radius 2 is 2.00 bits per heavy atom. The van der Waals surface area contributed by atoms with Crippen LogP contribution in [0.1, 0.15) is 26.7 Å². The molecular formula is C10H22N2O3S. The molecule has 0 aliphatic heterocycles. The van der Waals surface area contributed by atoms with E-state index in [4.69, 9.17) is 5.73 Å². The average Bonchev–Trinajstić information content (AvgIpc) is 2.10. The van der Waals surface area contributed by atoms with E-state index < -0.39 is 9.84 Å². The van der Waals surface area contributed by atoms with Gasteiger partial charge in [-0.25, -0.2) is 8.42 Å². The van der Waals surface area contributed by atoms with Crippen LogP contribution in [0.25, 0.3) is 0 Å². The van der Waals surface area contributed by atoms with Crippen LogP contribution < -0.4 is 11.1 Å². The van der Waals surface area contributed by atoms with Crippen molar-refractivity contribution >= 4 is 15.7 Å². The van der Waals surface area contributed by atoms with Gasteiger partial charge in [0.1, 0.15) is 9.84 Å². The van der Waals surface area contributed by atoms with Crippen molar-refractivity contribution in [3.05, 3.63) is 0 Å². The molecule has 2 atom stereocenters. The van der Waals surface area contributed by atoms with E-state index in [2.05, 4.69) is 5.32 Å². The van der Waals surface area contributed by atoms with E-state index in [-0.39, 0.29) is 23.6 Å². The normalized spacial score (nSPS) is 15.5. The van der Waals surface area contributed by atoms with Gasteiger partial charge in [-0.2, -0.15) is 0 Å². The molecule has 0 saturated heterocycles. The minimum atomic E-state index is -3.06. The molecule has 0 spiro atoms. The number of hydrogen-bond acceptors (Lipinski definition) is 4. The first-order valence-electron chi connectivity index (χ1n) is 5.48. The molecule has 0 rings (SSSR count). The van der Waals surface area contributed by atoms with Crippen LogP contribution in [0.3, 0.4) is 0 Å². The van der Waals surface area contributed by atoms with E-state index >= 15 is 0 Å². The minimum absolute atomic E-state index is 0.0395. The topological polar surface area (TPSA) is 89.3 Å². The lowest BCUT2D eigenvalue weighted by molar-refractivity contribution is -0.125. The summed E-state index contributed by atoms with van der Waals surface area (Å²) in [6, 6.07) is -0.367. The fourth-order valence-electron chi connectivity index (χ4n) is 1.56. The molecule has 0 aliphatic carbocycles. The van der Waals surface area contributed by atoms with E-state index in [1.54, 1.807) is 6.92 Å². The smallest absolute Gasteiger partial charge is 0.224 e. The fraction of sp³-hybridized carbons (Fsp3) is 0.900. The highest BCUT2D eigenvalue weighted by atomic mass is 32.2. The van der Waals surface area contributed by atoms with Crippen molar-refractivity contribution in [1.82, 2.24) is 5.32 Å². The molecule has 0 aliphatic rings. The Hall–Kier alpha value is -0.620. The van der Waals surface area contributed by atoms with Crippen LogP contribution in [0.5, 0.6) is 0 Å². The third kappa shape index (κ3) is 6.79. The van der Waals surface area contributed by atoms with Crippen LogP contribution in [-0.2, 0) is 14.6 Å². The molecule has 0 radical (unpaired) electrons. The summed E-state index contributed by atoms with van der Waals surface area (Å²) < 4.78 is 22.0. The Morgan fingerprint density at radius 3 is 2.38 bits per heavy atom. The molecular weight excluding hydrogens is 228 g/mol. The van der Waals surface area contributed by atoms with Gasteiger partial charge in [0.15, 0.2) is 0 Å². The third-order valence-electron chi connectivity index (χ3n) is 2.23. The van der Waals surface area contributed by atoms with Crippen molar-refractivity contribution in [2.45, 2.75) is 32.7 Å². The summed E-state index contributed by atoms with van der Waals surface area (Å²) in [5.41, 5.74) is 5.48. The molecule has 0 heterocycles. The maximum Gasteiger partial charge on any atom is 0.224 e. The largest absolute Gasteiger partial charge is 0.352 e. The molecule has 96 valence electrons. The van der Waals surface area contributed by atoms with Crippen molar-refractivity contribution < 1.29 is 13.2 Å². The number of nitrogens with one attached hydrogen (secondary N) is 1. The standard InChI is InChI=1S/C10H22N2O3S/c1-4-5-9(6-11)10(13)12-8(2)7-16(3,14)15/h8-9H,4-7,11H2,1-3H3,(H,12,13). The summed E-state index contributed by atoms with van der Waals surface area (Å²) >= 11 is 0. The second kappa shape index (κ2) is 6.85. The van der Waals surface area contributed by atoms with Crippen molar-refractivity contribution in [2.24, 2.45) is 11.7 Å². The predicted molar refractivity (Wildman–Crippen MR) is 64.8 cm³/mol. The van der Waals surface area contributed by atoms with Crippen molar-refractivity contribution in [2.75, 3.05) is 18.6 Å². The lowest BCUT2D eigenvalue weighted by Crippen LogP contribution is -2.42. The summed E-state index contributed by atoms with van der Waals surface area (Å²) in [6.45, 7) is 3.96. The quantitative estimate of drug-likeness (QED) is 0.661. The Morgan fingerprint density at radius 1 is 1.44 bits per heavy atom. The fourth-order valence-corrected chi connectivity index (χ4v) is 2.55. The van der Waals surface area contributed by atoms with Gasteiger partial charge in [-0.15, -0.1) is 0 Å². The zero-order valence-electron chi connectivity index (χ0n) is 10.2. The van der Waals surface area contributed by atoms with Gasteiger partial charge >= 0.3 is 0 Å². The third-order valence-corrected chi connectivity index (χ3v) is 3.34. The number of amides is 1. The van der Waals surface area contributed by atoms with Crippen LogP contribution in [0.2, 0.25) is 0 Å². The van der Waals surface area contributed by atoms with E-state index in [1.807, 2.05) is 6.92 Å². The number of hydrogen-bond donors (Lipinski definition) is 2. The Labute approximate surface area is 97.7 Å². The first kappa shape index (κ1) is 15.4. The number of sulfone groups is 1. The second-order valence-electron chi connectivity index (χ2n) is 4.22. The van der Waals surface area contributed by atoms with E-state index in [0.717, 1.165) is 19.1 Å². The first-order chi connectivity index (χ1) is 7.30. The summed E-state index contributed by atoms with van der Waals surface area (Å²) in [5.74, 6) is -0.408. The minimum Gasteiger partial charge on any atom is -0.352 e. The molecule has 0 aromatic rings. The van der Waals surface area contributed by atoms with Gasteiger partial charge in [0, 0.05) is 18.8 Å². The molecule has 0 fully saturated rings. The highest BCUT2D eigenvalue weighted by Gasteiger charge is 2.19. The van der Waals surface area contributed by atoms with Crippen LogP contribution in [0, 0.1) is 5.92 Å².